The number of esters is 1. The molecule has 2 rings (SSSR count). The van der Waals surface area contributed by atoms with Gasteiger partial charge in [-0.25, -0.2) is 9.59 Å². The highest BCUT2D eigenvalue weighted by Crippen LogP contribution is 2.31. The van der Waals surface area contributed by atoms with Gasteiger partial charge in [0.05, 0.1) is 18.2 Å². The van der Waals surface area contributed by atoms with Gasteiger partial charge in [-0.2, -0.15) is 0 Å². The van der Waals surface area contributed by atoms with E-state index in [0.717, 1.165) is 11.3 Å². The van der Waals surface area contributed by atoms with Gasteiger partial charge in [-0.1, -0.05) is 12.1 Å². The Morgan fingerprint density at radius 2 is 1.89 bits per heavy atom. The molecule has 0 bridgehead atoms. The summed E-state index contributed by atoms with van der Waals surface area (Å²) in [6, 6.07) is 6.63. The van der Waals surface area contributed by atoms with Crippen LogP contribution in [0.1, 0.15) is 39.3 Å². The number of allylic oxidation sites excluding steroid dienone is 1. The van der Waals surface area contributed by atoms with Crippen LogP contribution in [-0.4, -0.2) is 41.7 Å². The van der Waals surface area contributed by atoms with E-state index in [2.05, 4.69) is 16.0 Å². The van der Waals surface area contributed by atoms with Crippen molar-refractivity contribution in [3.63, 3.8) is 0 Å². The average molecular weight is 391 g/mol. The molecule has 0 aliphatic carbocycles. The van der Waals surface area contributed by atoms with Crippen molar-refractivity contribution in [3.8, 4) is 0 Å². The third-order valence-electron chi connectivity index (χ3n) is 4.25. The van der Waals surface area contributed by atoms with Gasteiger partial charge in [-0.05, 0) is 57.6 Å². The Kier molecular flexibility index (Phi) is 7.18. The fourth-order valence-electron chi connectivity index (χ4n) is 2.98. The fourth-order valence-corrected chi connectivity index (χ4v) is 3.36. The largest absolute Gasteiger partial charge is 0.463 e. The summed E-state index contributed by atoms with van der Waals surface area (Å²) in [6.45, 7) is 8.99. The van der Waals surface area contributed by atoms with Crippen LogP contribution >= 0.6 is 12.2 Å². The monoisotopic (exact) mass is 390 g/mol. The zero-order valence-electron chi connectivity index (χ0n) is 16.1. The molecule has 2 amide bonds. The number of carbonyl (C=O) groups is 2. The first-order valence-corrected chi connectivity index (χ1v) is 9.44. The Bertz CT molecular complexity index is 746. The molecule has 8 heteroatoms. The van der Waals surface area contributed by atoms with Crippen molar-refractivity contribution in [1.29, 1.82) is 0 Å². The molecule has 1 aliphatic heterocycles. The van der Waals surface area contributed by atoms with Crippen LogP contribution in [0.15, 0.2) is 35.5 Å². The zero-order chi connectivity index (χ0) is 20.0. The maximum absolute atomic E-state index is 12.6. The number of ether oxygens (including phenoxy) is 1. The highest BCUT2D eigenvalue weighted by atomic mass is 32.1. The number of hydrogen-bond donors (Lipinski definition) is 3. The Morgan fingerprint density at radius 3 is 2.44 bits per heavy atom. The van der Waals surface area contributed by atoms with Crippen LogP contribution in [0.3, 0.4) is 0 Å². The summed E-state index contributed by atoms with van der Waals surface area (Å²) in [7, 11) is 0. The molecular formula is C19H26N4O3S. The van der Waals surface area contributed by atoms with E-state index in [1.807, 2.05) is 37.8 Å². The van der Waals surface area contributed by atoms with Gasteiger partial charge in [0.2, 0.25) is 0 Å². The van der Waals surface area contributed by atoms with Crippen molar-refractivity contribution >= 4 is 35.0 Å². The fraction of sp³-hybridized carbons (Fsp3) is 0.421. The molecule has 0 unspecified atom stereocenters. The number of anilines is 1. The first-order valence-electron chi connectivity index (χ1n) is 9.03. The molecule has 3 N–H and O–H groups in total. The number of rotatable bonds is 6. The van der Waals surface area contributed by atoms with Gasteiger partial charge in [0.15, 0.2) is 5.11 Å². The van der Waals surface area contributed by atoms with E-state index in [1.165, 1.54) is 0 Å². The lowest BCUT2D eigenvalue weighted by atomic mass is 9.95. The number of nitrogens with zero attached hydrogens (tertiary/aromatic N) is 1. The van der Waals surface area contributed by atoms with Gasteiger partial charge in [0.25, 0.3) is 0 Å². The van der Waals surface area contributed by atoms with Crippen molar-refractivity contribution < 1.29 is 14.3 Å². The molecule has 0 spiro atoms. The Balaban J connectivity index is 2.33. The SMILES string of the molecule is CCNC(=O)Nc1ccc([C@H]2NC(=S)N(CC)C(C)=C2C(=O)OCC)cc1. The first kappa shape index (κ1) is 20.7. The molecule has 1 aliphatic rings. The molecule has 0 aromatic heterocycles. The minimum Gasteiger partial charge on any atom is -0.463 e. The smallest absolute Gasteiger partial charge is 0.338 e. The lowest BCUT2D eigenvalue weighted by molar-refractivity contribution is -0.139. The van der Waals surface area contributed by atoms with E-state index in [9.17, 15) is 9.59 Å². The van der Waals surface area contributed by atoms with Crippen LogP contribution < -0.4 is 16.0 Å². The number of hydrogen-bond acceptors (Lipinski definition) is 4. The van der Waals surface area contributed by atoms with Crippen LogP contribution in [0, 0.1) is 0 Å². The number of benzene rings is 1. The maximum Gasteiger partial charge on any atom is 0.338 e. The molecule has 1 heterocycles. The Morgan fingerprint density at radius 1 is 1.22 bits per heavy atom. The predicted molar refractivity (Wildman–Crippen MR) is 109 cm³/mol. The van der Waals surface area contributed by atoms with Crippen LogP contribution in [0.25, 0.3) is 0 Å². The van der Waals surface area contributed by atoms with Crippen molar-refractivity contribution in [2.45, 2.75) is 33.7 Å². The molecule has 7 nitrogen and oxygen atoms in total. The number of nitrogens with one attached hydrogen (secondary N) is 3. The second kappa shape index (κ2) is 9.36. The molecule has 0 saturated heterocycles. The molecule has 0 radical (unpaired) electrons. The molecule has 146 valence electrons. The minimum absolute atomic E-state index is 0.260. The summed E-state index contributed by atoms with van der Waals surface area (Å²) in [4.78, 5) is 26.1. The van der Waals surface area contributed by atoms with E-state index in [4.69, 9.17) is 17.0 Å². The van der Waals surface area contributed by atoms with Gasteiger partial charge in [0, 0.05) is 24.5 Å². The van der Waals surface area contributed by atoms with E-state index in [1.54, 1.807) is 19.1 Å². The quantitative estimate of drug-likeness (QED) is 0.512. The predicted octanol–water partition coefficient (Wildman–Crippen LogP) is 2.92. The van der Waals surface area contributed by atoms with Crippen LogP contribution in [-0.2, 0) is 9.53 Å². The van der Waals surface area contributed by atoms with E-state index < -0.39 is 6.04 Å². The first-order chi connectivity index (χ1) is 12.9. The van der Waals surface area contributed by atoms with Gasteiger partial charge in [-0.3, -0.25) is 0 Å². The summed E-state index contributed by atoms with van der Waals surface area (Å²) >= 11 is 5.46. The van der Waals surface area contributed by atoms with E-state index >= 15 is 0 Å². The highest BCUT2D eigenvalue weighted by Gasteiger charge is 2.34. The van der Waals surface area contributed by atoms with Gasteiger partial charge < -0.3 is 25.6 Å². The summed E-state index contributed by atoms with van der Waals surface area (Å²) in [5, 5.41) is 9.23. The van der Waals surface area contributed by atoms with Gasteiger partial charge >= 0.3 is 12.0 Å². The topological polar surface area (TPSA) is 82.7 Å². The van der Waals surface area contributed by atoms with Crippen molar-refractivity contribution in [1.82, 2.24) is 15.5 Å². The lowest BCUT2D eigenvalue weighted by Gasteiger charge is -2.37. The third-order valence-corrected chi connectivity index (χ3v) is 4.59. The number of thiocarbonyl (C=S) groups is 1. The summed E-state index contributed by atoms with van der Waals surface area (Å²) < 4.78 is 5.26. The number of amides is 2. The summed E-state index contributed by atoms with van der Waals surface area (Å²) in [5.74, 6) is -0.363. The molecular weight excluding hydrogens is 364 g/mol. The van der Waals surface area contributed by atoms with Crippen LogP contribution in [0.5, 0.6) is 0 Å². The third kappa shape index (κ3) is 4.77. The van der Waals surface area contributed by atoms with E-state index in [-0.39, 0.29) is 12.0 Å². The minimum atomic E-state index is -0.405. The Hall–Kier alpha value is -2.61. The molecule has 27 heavy (non-hydrogen) atoms. The highest BCUT2D eigenvalue weighted by molar-refractivity contribution is 7.80. The summed E-state index contributed by atoms with van der Waals surface area (Å²) in [5.41, 5.74) is 2.85. The average Bonchev–Trinajstić information content (AvgIpc) is 2.62. The molecule has 0 fully saturated rings. The van der Waals surface area contributed by atoms with Crippen LogP contribution in [0.2, 0.25) is 0 Å². The van der Waals surface area contributed by atoms with Gasteiger partial charge in [-0.15, -0.1) is 0 Å². The number of urea groups is 1. The van der Waals surface area contributed by atoms with Gasteiger partial charge in [0.1, 0.15) is 0 Å². The van der Waals surface area contributed by atoms with Crippen molar-refractivity contribution in [2.75, 3.05) is 25.0 Å². The second-order valence-electron chi connectivity index (χ2n) is 5.95. The molecule has 1 atom stereocenters. The zero-order valence-corrected chi connectivity index (χ0v) is 16.9. The Labute approximate surface area is 165 Å². The molecule has 0 saturated carbocycles. The van der Waals surface area contributed by atoms with Crippen molar-refractivity contribution in [3.05, 3.63) is 41.1 Å². The number of carbonyl (C=O) groups excluding carboxylic acids is 2. The van der Waals surface area contributed by atoms with Crippen molar-refractivity contribution in [2.24, 2.45) is 0 Å². The standard InChI is InChI=1S/C19H26N4O3S/c1-5-20-18(25)21-14-10-8-13(9-11-14)16-15(17(24)26-7-3)12(4)23(6-2)19(27)22-16/h8-11,16H,5-7H2,1-4H3,(H,22,27)(H2,20,21,25)/t16-/m1/s1. The molecule has 1 aromatic rings. The van der Waals surface area contributed by atoms with E-state index in [0.29, 0.717) is 36.1 Å². The van der Waals surface area contributed by atoms with Crippen LogP contribution in [0.4, 0.5) is 10.5 Å². The molecule has 1 aromatic carbocycles. The maximum atomic E-state index is 12.6. The second-order valence-corrected chi connectivity index (χ2v) is 6.34. The lowest BCUT2D eigenvalue weighted by Crippen LogP contribution is -2.47. The normalized spacial score (nSPS) is 16.7. The summed E-state index contributed by atoms with van der Waals surface area (Å²) in [6.07, 6.45) is 0.